The number of hydrogen-bond donors (Lipinski definition) is 0. The van der Waals surface area contributed by atoms with Crippen LogP contribution in [0.1, 0.15) is 6.92 Å². The first-order chi connectivity index (χ1) is 8.32. The Morgan fingerprint density at radius 1 is 1.39 bits per heavy atom. The molecule has 0 heterocycles. The van der Waals surface area contributed by atoms with Crippen LogP contribution in [0.15, 0.2) is 36.5 Å². The van der Waals surface area contributed by atoms with Crippen LogP contribution in [0.5, 0.6) is 0 Å². The van der Waals surface area contributed by atoms with Crippen LogP contribution >= 0.6 is 0 Å². The molecule has 102 valence electrons. The predicted molar refractivity (Wildman–Crippen MR) is 60.9 cm³/mol. The van der Waals surface area contributed by atoms with Crippen molar-refractivity contribution in [3.05, 3.63) is 36.5 Å². The van der Waals surface area contributed by atoms with Crippen LogP contribution in [0.3, 0.4) is 0 Å². The zero-order valence-corrected chi connectivity index (χ0v) is 10.2. The van der Waals surface area contributed by atoms with Crippen molar-refractivity contribution < 1.29 is 27.4 Å². The average Bonchev–Trinajstić information content (AvgIpc) is 2.25. The smallest absolute Gasteiger partial charge is 0.425 e. The highest BCUT2D eigenvalue weighted by atomic mass is 19.4. The van der Waals surface area contributed by atoms with E-state index in [9.17, 15) is 18.0 Å². The third kappa shape index (κ3) is 6.24. The quantitative estimate of drug-likeness (QED) is 0.546. The highest BCUT2D eigenvalue weighted by Crippen LogP contribution is 2.23. The van der Waals surface area contributed by atoms with E-state index in [-0.39, 0.29) is 6.61 Å². The Balaban J connectivity index is 4.37. The predicted octanol–water partition coefficient (Wildman–Crippen LogP) is 2.80. The van der Waals surface area contributed by atoms with E-state index in [1.807, 2.05) is 0 Å². The molecule has 0 aromatic rings. The Kier molecular flexibility index (Phi) is 7.04. The number of esters is 1. The van der Waals surface area contributed by atoms with Gasteiger partial charge in [0.2, 0.25) is 0 Å². The Morgan fingerprint density at radius 3 is 2.44 bits per heavy atom. The van der Waals surface area contributed by atoms with Crippen molar-refractivity contribution in [1.82, 2.24) is 0 Å². The molecule has 0 aromatic heterocycles. The lowest BCUT2D eigenvalue weighted by Crippen LogP contribution is -2.39. The highest BCUT2D eigenvalue weighted by Gasteiger charge is 2.46. The SMILES string of the molecule is C=C/C=C\C=C(/C)COC(=O)[C@@H](OC)C(F)(F)F. The maximum atomic E-state index is 12.3. The van der Waals surface area contributed by atoms with E-state index in [1.165, 1.54) is 0 Å². The summed E-state index contributed by atoms with van der Waals surface area (Å²) in [5, 5.41) is 0. The second-order valence-electron chi connectivity index (χ2n) is 3.40. The number of allylic oxidation sites excluding steroid dienone is 4. The van der Waals surface area contributed by atoms with Crippen molar-refractivity contribution in [1.29, 1.82) is 0 Å². The molecular formula is C12H15F3O3. The summed E-state index contributed by atoms with van der Waals surface area (Å²) in [5.41, 5.74) is 0.596. The second kappa shape index (κ2) is 7.71. The summed E-state index contributed by atoms with van der Waals surface area (Å²) in [7, 11) is 0.801. The number of rotatable bonds is 6. The van der Waals surface area contributed by atoms with E-state index < -0.39 is 18.2 Å². The van der Waals surface area contributed by atoms with E-state index in [0.717, 1.165) is 7.11 Å². The first-order valence-electron chi connectivity index (χ1n) is 5.04. The fourth-order valence-electron chi connectivity index (χ4n) is 0.971. The summed E-state index contributed by atoms with van der Waals surface area (Å²) in [5.74, 6) is -1.45. The molecule has 0 bridgehead atoms. The van der Waals surface area contributed by atoms with Crippen LogP contribution in [-0.4, -0.2) is 32.0 Å². The topological polar surface area (TPSA) is 35.5 Å². The van der Waals surface area contributed by atoms with E-state index >= 15 is 0 Å². The number of methoxy groups -OCH3 is 1. The molecule has 3 nitrogen and oxygen atoms in total. The maximum Gasteiger partial charge on any atom is 0.425 e. The van der Waals surface area contributed by atoms with Crippen LogP contribution in [0, 0.1) is 0 Å². The van der Waals surface area contributed by atoms with E-state index in [1.54, 1.807) is 31.2 Å². The minimum Gasteiger partial charge on any atom is -0.459 e. The van der Waals surface area contributed by atoms with E-state index in [2.05, 4.69) is 16.1 Å². The number of hydrogen-bond acceptors (Lipinski definition) is 3. The lowest BCUT2D eigenvalue weighted by molar-refractivity contribution is -0.223. The third-order valence-corrected chi connectivity index (χ3v) is 1.82. The molecule has 0 rings (SSSR count). The molecule has 0 saturated heterocycles. The number of alkyl halides is 3. The molecule has 0 saturated carbocycles. The first-order valence-corrected chi connectivity index (χ1v) is 5.04. The van der Waals surface area contributed by atoms with Crippen LogP contribution in [0.2, 0.25) is 0 Å². The monoisotopic (exact) mass is 264 g/mol. The van der Waals surface area contributed by atoms with Crippen LogP contribution in [0.4, 0.5) is 13.2 Å². The van der Waals surface area contributed by atoms with Gasteiger partial charge in [0.25, 0.3) is 6.10 Å². The third-order valence-electron chi connectivity index (χ3n) is 1.82. The molecule has 0 unspecified atom stereocenters. The van der Waals surface area contributed by atoms with Gasteiger partial charge in [-0.2, -0.15) is 13.2 Å². The summed E-state index contributed by atoms with van der Waals surface area (Å²) in [6.07, 6.45) is -0.905. The summed E-state index contributed by atoms with van der Waals surface area (Å²) in [4.78, 5) is 11.1. The molecule has 0 N–H and O–H groups in total. The molecule has 0 aliphatic carbocycles. The average molecular weight is 264 g/mol. The molecule has 0 amide bonds. The minimum absolute atomic E-state index is 0.226. The second-order valence-corrected chi connectivity index (χ2v) is 3.40. The van der Waals surface area contributed by atoms with Crippen molar-refractivity contribution in [2.24, 2.45) is 0 Å². The van der Waals surface area contributed by atoms with Crippen molar-refractivity contribution in [2.45, 2.75) is 19.2 Å². The zero-order valence-electron chi connectivity index (χ0n) is 10.2. The number of carbonyl (C=O) groups is 1. The molecule has 0 aliphatic heterocycles. The Bertz CT molecular complexity index is 343. The lowest BCUT2D eigenvalue weighted by Gasteiger charge is -2.17. The molecule has 1 atom stereocenters. The first kappa shape index (κ1) is 16.4. The molecule has 0 fully saturated rings. The molecular weight excluding hydrogens is 249 g/mol. The molecule has 0 radical (unpaired) electrons. The molecule has 6 heteroatoms. The van der Waals surface area contributed by atoms with Crippen molar-refractivity contribution in [3.8, 4) is 0 Å². The Morgan fingerprint density at radius 2 is 2.00 bits per heavy atom. The number of ether oxygens (including phenoxy) is 2. The van der Waals surface area contributed by atoms with Crippen molar-refractivity contribution >= 4 is 5.97 Å². The fraction of sp³-hybridized carbons (Fsp3) is 0.417. The summed E-state index contributed by atoms with van der Waals surface area (Å²) in [6.45, 7) is 4.85. The van der Waals surface area contributed by atoms with Gasteiger partial charge in [-0.3, -0.25) is 0 Å². The van der Waals surface area contributed by atoms with Gasteiger partial charge in [-0.1, -0.05) is 30.9 Å². The molecule has 18 heavy (non-hydrogen) atoms. The zero-order chi connectivity index (χ0) is 14.2. The van der Waals surface area contributed by atoms with Gasteiger partial charge in [-0.15, -0.1) is 0 Å². The Labute approximate surface area is 104 Å². The summed E-state index contributed by atoms with van der Waals surface area (Å²) < 4.78 is 45.4. The van der Waals surface area contributed by atoms with Crippen LogP contribution < -0.4 is 0 Å². The number of carbonyl (C=O) groups excluding carboxylic acids is 1. The minimum atomic E-state index is -4.77. The summed E-state index contributed by atoms with van der Waals surface area (Å²) >= 11 is 0. The van der Waals surface area contributed by atoms with Gasteiger partial charge in [-0.25, -0.2) is 4.79 Å². The van der Waals surface area contributed by atoms with Gasteiger partial charge in [0.15, 0.2) is 0 Å². The van der Waals surface area contributed by atoms with Crippen LogP contribution in [-0.2, 0) is 14.3 Å². The molecule has 0 aromatic carbocycles. The standard InChI is InChI=1S/C12H15F3O3/c1-4-5-6-7-9(2)8-18-11(16)10(17-3)12(13,14)15/h4-7,10H,1,8H2,2-3H3/b6-5-,9-7+/t10-/m1/s1. The van der Waals surface area contributed by atoms with Gasteiger partial charge in [0.05, 0.1) is 0 Å². The largest absolute Gasteiger partial charge is 0.459 e. The van der Waals surface area contributed by atoms with Gasteiger partial charge in [0.1, 0.15) is 6.61 Å². The van der Waals surface area contributed by atoms with Crippen molar-refractivity contribution in [3.63, 3.8) is 0 Å². The molecule has 0 aliphatic rings. The van der Waals surface area contributed by atoms with Crippen molar-refractivity contribution in [2.75, 3.05) is 13.7 Å². The molecule has 0 spiro atoms. The highest BCUT2D eigenvalue weighted by molar-refractivity contribution is 5.75. The van der Waals surface area contributed by atoms with Gasteiger partial charge in [-0.05, 0) is 12.5 Å². The fourth-order valence-corrected chi connectivity index (χ4v) is 0.971. The van der Waals surface area contributed by atoms with Gasteiger partial charge in [0, 0.05) is 7.11 Å². The summed E-state index contributed by atoms with van der Waals surface area (Å²) in [6, 6.07) is 0. The number of halogens is 3. The van der Waals surface area contributed by atoms with E-state index in [4.69, 9.17) is 0 Å². The lowest BCUT2D eigenvalue weighted by atomic mass is 10.3. The Hall–Kier alpha value is -1.56. The normalized spacial score (nSPS) is 14.6. The van der Waals surface area contributed by atoms with Crippen LogP contribution in [0.25, 0.3) is 0 Å². The van der Waals surface area contributed by atoms with E-state index in [0.29, 0.717) is 5.57 Å². The van der Waals surface area contributed by atoms with Gasteiger partial charge >= 0.3 is 12.1 Å². The maximum absolute atomic E-state index is 12.3. The van der Waals surface area contributed by atoms with Gasteiger partial charge < -0.3 is 9.47 Å².